The van der Waals surface area contributed by atoms with Crippen LogP contribution in [0.5, 0.6) is 0 Å². The first-order valence-corrected chi connectivity index (χ1v) is 6.95. The molecule has 1 saturated heterocycles. The Morgan fingerprint density at radius 2 is 2.35 bits per heavy atom. The summed E-state index contributed by atoms with van der Waals surface area (Å²) in [6.07, 6.45) is 0.642. The van der Waals surface area contributed by atoms with Gasteiger partial charge in [0.05, 0.1) is 17.7 Å². The number of aliphatic carboxylic acids is 1. The van der Waals surface area contributed by atoms with Crippen LogP contribution in [0.3, 0.4) is 0 Å². The number of morpholine rings is 1. The Balaban J connectivity index is 1.92. The summed E-state index contributed by atoms with van der Waals surface area (Å²) in [5.41, 5.74) is 0.847. The first kappa shape index (κ1) is 15.2. The number of hydrogen-bond acceptors (Lipinski definition) is 3. The SMILES string of the molecule is O=C(O)CCCN1CCOC(c2ccc(F)c(Cl)c2)C1. The molecule has 1 aromatic carbocycles. The summed E-state index contributed by atoms with van der Waals surface area (Å²) in [5.74, 6) is -1.22. The van der Waals surface area contributed by atoms with E-state index in [0.717, 1.165) is 18.7 Å². The van der Waals surface area contributed by atoms with Crippen molar-refractivity contribution in [2.75, 3.05) is 26.2 Å². The number of rotatable bonds is 5. The molecule has 6 heteroatoms. The van der Waals surface area contributed by atoms with E-state index >= 15 is 0 Å². The summed E-state index contributed by atoms with van der Waals surface area (Å²) in [6, 6.07) is 4.60. The fourth-order valence-corrected chi connectivity index (χ4v) is 2.46. The van der Waals surface area contributed by atoms with E-state index < -0.39 is 11.8 Å². The molecular weight excluding hydrogens is 285 g/mol. The van der Waals surface area contributed by atoms with Crippen LogP contribution < -0.4 is 0 Å². The van der Waals surface area contributed by atoms with E-state index in [1.54, 1.807) is 12.1 Å². The van der Waals surface area contributed by atoms with Crippen molar-refractivity contribution in [1.29, 1.82) is 0 Å². The van der Waals surface area contributed by atoms with E-state index in [0.29, 0.717) is 19.6 Å². The molecule has 1 heterocycles. The summed E-state index contributed by atoms with van der Waals surface area (Å²) in [6.45, 7) is 2.75. The first-order chi connectivity index (χ1) is 9.56. The highest BCUT2D eigenvalue weighted by atomic mass is 35.5. The molecule has 1 aromatic rings. The average Bonchev–Trinajstić information content (AvgIpc) is 2.42. The Morgan fingerprint density at radius 3 is 3.05 bits per heavy atom. The zero-order chi connectivity index (χ0) is 14.5. The van der Waals surface area contributed by atoms with Gasteiger partial charge in [0, 0.05) is 19.5 Å². The lowest BCUT2D eigenvalue weighted by atomic mass is 10.1. The Morgan fingerprint density at radius 1 is 1.55 bits per heavy atom. The highest BCUT2D eigenvalue weighted by Gasteiger charge is 2.22. The van der Waals surface area contributed by atoms with E-state index in [1.165, 1.54) is 6.07 Å². The second-order valence-corrected chi connectivity index (χ2v) is 5.24. The number of carboxylic acids is 1. The van der Waals surface area contributed by atoms with Gasteiger partial charge in [-0.15, -0.1) is 0 Å². The Bertz CT molecular complexity index is 483. The quantitative estimate of drug-likeness (QED) is 0.908. The number of hydrogen-bond donors (Lipinski definition) is 1. The minimum Gasteiger partial charge on any atom is -0.481 e. The number of benzene rings is 1. The molecule has 1 atom stereocenters. The molecule has 1 unspecified atom stereocenters. The molecule has 110 valence electrons. The van der Waals surface area contributed by atoms with Crippen LogP contribution in [-0.4, -0.2) is 42.2 Å². The molecule has 0 aliphatic carbocycles. The monoisotopic (exact) mass is 301 g/mol. The zero-order valence-electron chi connectivity index (χ0n) is 11.0. The van der Waals surface area contributed by atoms with Crippen molar-refractivity contribution in [1.82, 2.24) is 4.90 Å². The van der Waals surface area contributed by atoms with Crippen LogP contribution in [0, 0.1) is 5.82 Å². The van der Waals surface area contributed by atoms with Crippen LogP contribution in [-0.2, 0) is 9.53 Å². The molecular formula is C14H17ClFNO3. The molecule has 0 amide bonds. The molecule has 0 spiro atoms. The predicted octanol–water partition coefficient (Wildman–Crippen LogP) is 2.72. The van der Waals surface area contributed by atoms with Crippen molar-refractivity contribution in [3.8, 4) is 0 Å². The topological polar surface area (TPSA) is 49.8 Å². The van der Waals surface area contributed by atoms with Gasteiger partial charge in [0.15, 0.2) is 0 Å². The summed E-state index contributed by atoms with van der Waals surface area (Å²) in [4.78, 5) is 12.7. The van der Waals surface area contributed by atoms with Crippen LogP contribution in [0.15, 0.2) is 18.2 Å². The van der Waals surface area contributed by atoms with Crippen molar-refractivity contribution < 1.29 is 19.0 Å². The molecule has 1 aliphatic rings. The van der Waals surface area contributed by atoms with Crippen molar-refractivity contribution >= 4 is 17.6 Å². The smallest absolute Gasteiger partial charge is 0.303 e. The summed E-state index contributed by atoms with van der Waals surface area (Å²) >= 11 is 5.78. The van der Waals surface area contributed by atoms with Gasteiger partial charge in [0.2, 0.25) is 0 Å². The van der Waals surface area contributed by atoms with E-state index in [1.807, 2.05) is 0 Å². The third-order valence-electron chi connectivity index (χ3n) is 3.33. The van der Waals surface area contributed by atoms with Crippen molar-refractivity contribution in [3.63, 3.8) is 0 Å². The van der Waals surface area contributed by atoms with Gasteiger partial charge in [0.1, 0.15) is 5.82 Å². The van der Waals surface area contributed by atoms with Gasteiger partial charge < -0.3 is 9.84 Å². The third-order valence-corrected chi connectivity index (χ3v) is 3.62. The lowest BCUT2D eigenvalue weighted by molar-refractivity contribution is -0.137. The maximum atomic E-state index is 13.1. The molecule has 2 rings (SSSR count). The number of carboxylic acid groups (broad SMARTS) is 1. The Kier molecular flexibility index (Phi) is 5.34. The highest BCUT2D eigenvalue weighted by Crippen LogP contribution is 2.26. The molecule has 1 N–H and O–H groups in total. The molecule has 4 nitrogen and oxygen atoms in total. The van der Waals surface area contributed by atoms with E-state index in [9.17, 15) is 9.18 Å². The van der Waals surface area contributed by atoms with Crippen molar-refractivity contribution in [2.24, 2.45) is 0 Å². The maximum absolute atomic E-state index is 13.1. The lowest BCUT2D eigenvalue weighted by Crippen LogP contribution is -2.39. The van der Waals surface area contributed by atoms with E-state index in [2.05, 4.69) is 4.90 Å². The van der Waals surface area contributed by atoms with E-state index in [-0.39, 0.29) is 17.5 Å². The first-order valence-electron chi connectivity index (χ1n) is 6.57. The van der Waals surface area contributed by atoms with Gasteiger partial charge in [-0.2, -0.15) is 0 Å². The summed E-state index contributed by atoms with van der Waals surface area (Å²) < 4.78 is 18.8. The third kappa shape index (κ3) is 4.16. The van der Waals surface area contributed by atoms with Gasteiger partial charge in [-0.05, 0) is 30.7 Å². The summed E-state index contributed by atoms with van der Waals surface area (Å²) in [7, 11) is 0. The molecule has 20 heavy (non-hydrogen) atoms. The van der Waals surface area contributed by atoms with Crippen LogP contribution in [0.2, 0.25) is 5.02 Å². The minimum absolute atomic E-state index is 0.0918. The van der Waals surface area contributed by atoms with Gasteiger partial charge >= 0.3 is 5.97 Å². The van der Waals surface area contributed by atoms with Gasteiger partial charge in [-0.1, -0.05) is 17.7 Å². The Labute approximate surface area is 122 Å². The molecule has 0 bridgehead atoms. The van der Waals surface area contributed by atoms with Gasteiger partial charge in [-0.3, -0.25) is 9.69 Å². The average molecular weight is 302 g/mol. The van der Waals surface area contributed by atoms with Gasteiger partial charge in [-0.25, -0.2) is 4.39 Å². The number of halogens is 2. The van der Waals surface area contributed by atoms with E-state index in [4.69, 9.17) is 21.4 Å². The van der Waals surface area contributed by atoms with Crippen LogP contribution in [0.4, 0.5) is 4.39 Å². The van der Waals surface area contributed by atoms with Gasteiger partial charge in [0.25, 0.3) is 0 Å². The maximum Gasteiger partial charge on any atom is 0.303 e. The fraction of sp³-hybridized carbons (Fsp3) is 0.500. The van der Waals surface area contributed by atoms with Crippen LogP contribution >= 0.6 is 11.6 Å². The second-order valence-electron chi connectivity index (χ2n) is 4.83. The van der Waals surface area contributed by atoms with Crippen molar-refractivity contribution in [3.05, 3.63) is 34.6 Å². The molecule has 0 aromatic heterocycles. The van der Waals surface area contributed by atoms with Crippen molar-refractivity contribution in [2.45, 2.75) is 18.9 Å². The molecule has 1 aliphatic heterocycles. The predicted molar refractivity (Wildman–Crippen MR) is 73.4 cm³/mol. The normalized spacial score (nSPS) is 20.0. The summed E-state index contributed by atoms with van der Waals surface area (Å²) in [5, 5.41) is 8.73. The second kappa shape index (κ2) is 7.02. The molecule has 0 radical (unpaired) electrons. The highest BCUT2D eigenvalue weighted by molar-refractivity contribution is 6.30. The number of carbonyl (C=O) groups is 1. The minimum atomic E-state index is -0.778. The number of ether oxygens (including phenoxy) is 1. The Hall–Kier alpha value is -1.17. The fourth-order valence-electron chi connectivity index (χ4n) is 2.27. The standard InChI is InChI=1S/C14H17ClFNO3/c15-11-8-10(3-4-12(11)16)13-9-17(6-7-20-13)5-1-2-14(18)19/h3-4,8,13H,1-2,5-7,9H2,(H,18,19). The molecule has 0 saturated carbocycles. The zero-order valence-corrected chi connectivity index (χ0v) is 11.8. The van der Waals surface area contributed by atoms with Crippen LogP contribution in [0.1, 0.15) is 24.5 Å². The largest absolute Gasteiger partial charge is 0.481 e. The van der Waals surface area contributed by atoms with Crippen LogP contribution in [0.25, 0.3) is 0 Å². The molecule has 1 fully saturated rings. The number of nitrogens with zero attached hydrogens (tertiary/aromatic N) is 1. The lowest BCUT2D eigenvalue weighted by Gasteiger charge is -2.33.